The highest BCUT2D eigenvalue weighted by molar-refractivity contribution is 5.93. The number of phenolic OH excluding ortho intramolecular Hbond substituents is 1. The van der Waals surface area contributed by atoms with Crippen LogP contribution in [0, 0.1) is 0 Å². The smallest absolute Gasteiger partial charge is 0.248 e. The Hall–Kier alpha value is -2.44. The zero-order valence-corrected chi connectivity index (χ0v) is 9.89. The molecule has 7 heteroatoms. The zero-order chi connectivity index (χ0) is 13.0. The maximum absolute atomic E-state index is 12.1. The zero-order valence-electron chi connectivity index (χ0n) is 9.89. The molecular weight excluding hydrogens is 234 g/mol. The molecule has 0 saturated carbocycles. The van der Waals surface area contributed by atoms with E-state index in [4.69, 9.17) is 0 Å². The minimum Gasteiger partial charge on any atom is -0.508 e. The van der Waals surface area contributed by atoms with Crippen LogP contribution in [0.25, 0.3) is 0 Å². The summed E-state index contributed by atoms with van der Waals surface area (Å²) in [5.74, 6) is -0.0171. The Morgan fingerprint density at radius 1 is 1.50 bits per heavy atom. The third-order valence-electron chi connectivity index (χ3n) is 2.45. The lowest BCUT2D eigenvalue weighted by molar-refractivity contribution is -0.119. The number of carbonyl (C=O) groups is 1. The molecule has 0 spiro atoms. The monoisotopic (exact) mass is 247 g/mol. The number of likely N-dealkylation sites (N-methyl/N-ethyl adjacent to an activating group) is 1. The van der Waals surface area contributed by atoms with Crippen molar-refractivity contribution in [1.29, 1.82) is 0 Å². The number of carbonyl (C=O) groups excluding carboxylic acids is 1. The molecule has 2 aromatic rings. The summed E-state index contributed by atoms with van der Waals surface area (Å²) in [6.07, 6.45) is 1.38. The fraction of sp³-hybridized carbons (Fsp3) is 0.273. The van der Waals surface area contributed by atoms with E-state index in [0.717, 1.165) is 0 Å². The van der Waals surface area contributed by atoms with Crippen molar-refractivity contribution < 1.29 is 9.90 Å². The number of aromatic nitrogens is 4. The van der Waals surface area contributed by atoms with E-state index in [2.05, 4.69) is 15.5 Å². The Bertz CT molecular complexity index is 526. The van der Waals surface area contributed by atoms with Crippen molar-refractivity contribution >= 4 is 11.6 Å². The number of benzene rings is 1. The lowest BCUT2D eigenvalue weighted by Crippen LogP contribution is -2.33. The average molecular weight is 247 g/mol. The highest BCUT2D eigenvalue weighted by Crippen LogP contribution is 2.20. The molecule has 7 nitrogen and oxygen atoms in total. The van der Waals surface area contributed by atoms with Crippen LogP contribution in [-0.4, -0.2) is 37.8 Å². The number of nitrogens with zero attached hydrogens (tertiary/aromatic N) is 5. The molecule has 0 aliphatic heterocycles. The Morgan fingerprint density at radius 2 is 2.33 bits per heavy atom. The van der Waals surface area contributed by atoms with Crippen LogP contribution in [0.4, 0.5) is 5.69 Å². The predicted molar refractivity (Wildman–Crippen MR) is 64.0 cm³/mol. The van der Waals surface area contributed by atoms with Crippen molar-refractivity contribution in [3.8, 4) is 5.75 Å². The van der Waals surface area contributed by atoms with Crippen molar-refractivity contribution in [3.05, 3.63) is 30.6 Å². The van der Waals surface area contributed by atoms with Gasteiger partial charge in [0.1, 0.15) is 18.6 Å². The molecule has 18 heavy (non-hydrogen) atoms. The van der Waals surface area contributed by atoms with Crippen LogP contribution in [0.1, 0.15) is 6.92 Å². The van der Waals surface area contributed by atoms with E-state index in [-0.39, 0.29) is 18.2 Å². The fourth-order valence-corrected chi connectivity index (χ4v) is 1.64. The number of anilines is 1. The summed E-state index contributed by atoms with van der Waals surface area (Å²) >= 11 is 0. The predicted octanol–water partition coefficient (Wildman–Crippen LogP) is 0.432. The lowest BCUT2D eigenvalue weighted by atomic mass is 10.2. The first-order chi connectivity index (χ1) is 8.70. The molecule has 1 aromatic heterocycles. The van der Waals surface area contributed by atoms with E-state index in [9.17, 15) is 9.90 Å². The maximum atomic E-state index is 12.1. The van der Waals surface area contributed by atoms with Gasteiger partial charge in [-0.3, -0.25) is 4.79 Å². The van der Waals surface area contributed by atoms with Gasteiger partial charge < -0.3 is 10.0 Å². The molecule has 0 saturated heterocycles. The molecule has 0 radical (unpaired) electrons. The number of phenols is 1. The third-order valence-corrected chi connectivity index (χ3v) is 2.45. The Morgan fingerprint density at radius 3 is 2.94 bits per heavy atom. The Kier molecular flexibility index (Phi) is 3.52. The lowest BCUT2D eigenvalue weighted by Gasteiger charge is -2.20. The van der Waals surface area contributed by atoms with Gasteiger partial charge in [0.15, 0.2) is 0 Å². The summed E-state index contributed by atoms with van der Waals surface area (Å²) in [5, 5.41) is 20.0. The summed E-state index contributed by atoms with van der Waals surface area (Å²) in [6, 6.07) is 6.56. The van der Waals surface area contributed by atoms with Crippen molar-refractivity contribution in [2.45, 2.75) is 13.5 Å². The topological polar surface area (TPSA) is 84.1 Å². The number of amides is 1. The highest BCUT2D eigenvalue weighted by Gasteiger charge is 2.15. The van der Waals surface area contributed by atoms with E-state index < -0.39 is 0 Å². The summed E-state index contributed by atoms with van der Waals surface area (Å²) in [4.78, 5) is 13.6. The van der Waals surface area contributed by atoms with Crippen LogP contribution in [0.15, 0.2) is 30.6 Å². The van der Waals surface area contributed by atoms with Gasteiger partial charge in [0.2, 0.25) is 5.91 Å². The van der Waals surface area contributed by atoms with Crippen molar-refractivity contribution in [2.24, 2.45) is 0 Å². The van der Waals surface area contributed by atoms with Crippen LogP contribution in [0.2, 0.25) is 0 Å². The summed E-state index contributed by atoms with van der Waals surface area (Å²) in [7, 11) is 0. The summed E-state index contributed by atoms with van der Waals surface area (Å²) in [5.41, 5.74) is 0.649. The van der Waals surface area contributed by atoms with Gasteiger partial charge >= 0.3 is 0 Å². The minimum atomic E-state index is -0.143. The fourth-order valence-electron chi connectivity index (χ4n) is 1.64. The van der Waals surface area contributed by atoms with Crippen LogP contribution < -0.4 is 4.90 Å². The molecule has 0 bridgehead atoms. The summed E-state index contributed by atoms with van der Waals surface area (Å²) in [6.45, 7) is 2.43. The number of aromatic hydroxyl groups is 1. The number of tetrazole rings is 1. The number of hydrogen-bond donors (Lipinski definition) is 1. The van der Waals surface area contributed by atoms with E-state index in [1.807, 2.05) is 6.92 Å². The quantitative estimate of drug-likeness (QED) is 0.847. The largest absolute Gasteiger partial charge is 0.508 e. The first-order valence-corrected chi connectivity index (χ1v) is 5.51. The molecule has 2 rings (SSSR count). The molecule has 1 heterocycles. The molecule has 1 aromatic carbocycles. The van der Waals surface area contributed by atoms with Gasteiger partial charge in [0, 0.05) is 18.3 Å². The molecule has 0 aliphatic carbocycles. The Labute approximate surface area is 104 Å². The van der Waals surface area contributed by atoms with Gasteiger partial charge in [-0.15, -0.1) is 5.10 Å². The van der Waals surface area contributed by atoms with Gasteiger partial charge in [0.25, 0.3) is 0 Å². The molecule has 0 fully saturated rings. The van der Waals surface area contributed by atoms with Crippen LogP contribution in [0.3, 0.4) is 0 Å². The van der Waals surface area contributed by atoms with Gasteiger partial charge in [0.05, 0.1) is 0 Å². The summed E-state index contributed by atoms with van der Waals surface area (Å²) < 4.78 is 1.35. The van der Waals surface area contributed by atoms with Gasteiger partial charge in [-0.05, 0) is 29.5 Å². The van der Waals surface area contributed by atoms with E-state index in [1.54, 1.807) is 29.2 Å². The molecule has 0 unspecified atom stereocenters. The SMILES string of the molecule is CCN(C(=O)Cn1cnnn1)c1cccc(O)c1. The van der Waals surface area contributed by atoms with E-state index in [0.29, 0.717) is 12.2 Å². The number of rotatable bonds is 4. The standard InChI is InChI=1S/C11H13N5O2/c1-2-16(9-4-3-5-10(17)6-9)11(18)7-15-8-12-13-14-15/h3-6,8,17H,2,7H2,1H3. The molecule has 0 atom stereocenters. The molecule has 94 valence electrons. The van der Waals surface area contributed by atoms with E-state index in [1.165, 1.54) is 11.0 Å². The highest BCUT2D eigenvalue weighted by atomic mass is 16.3. The second-order valence-corrected chi connectivity index (χ2v) is 3.67. The minimum absolute atomic E-state index is 0.0660. The van der Waals surface area contributed by atoms with E-state index >= 15 is 0 Å². The third kappa shape index (κ3) is 2.62. The number of hydrogen-bond acceptors (Lipinski definition) is 5. The normalized spacial score (nSPS) is 10.3. The molecule has 1 N–H and O–H groups in total. The molecular formula is C11H13N5O2. The van der Waals surface area contributed by atoms with Gasteiger partial charge in [-0.25, -0.2) is 4.68 Å². The van der Waals surface area contributed by atoms with Crippen LogP contribution in [-0.2, 0) is 11.3 Å². The first kappa shape index (κ1) is 12.0. The first-order valence-electron chi connectivity index (χ1n) is 5.51. The molecule has 0 aliphatic rings. The van der Waals surface area contributed by atoms with Gasteiger partial charge in [-0.2, -0.15) is 0 Å². The van der Waals surface area contributed by atoms with Crippen molar-refractivity contribution in [1.82, 2.24) is 20.2 Å². The van der Waals surface area contributed by atoms with Crippen molar-refractivity contribution in [3.63, 3.8) is 0 Å². The maximum Gasteiger partial charge on any atom is 0.248 e. The van der Waals surface area contributed by atoms with Crippen LogP contribution >= 0.6 is 0 Å². The van der Waals surface area contributed by atoms with Crippen LogP contribution in [0.5, 0.6) is 5.75 Å². The average Bonchev–Trinajstić information content (AvgIpc) is 2.83. The van der Waals surface area contributed by atoms with Crippen molar-refractivity contribution in [2.75, 3.05) is 11.4 Å². The second kappa shape index (κ2) is 5.26. The Balaban J connectivity index is 2.15. The molecule has 1 amide bonds. The second-order valence-electron chi connectivity index (χ2n) is 3.67. The van der Waals surface area contributed by atoms with Gasteiger partial charge in [-0.1, -0.05) is 6.07 Å².